The normalized spacial score (nSPS) is 11.7. The summed E-state index contributed by atoms with van der Waals surface area (Å²) in [5.74, 6) is -0.303. The van der Waals surface area contributed by atoms with Crippen LogP contribution in [0.4, 0.5) is 5.95 Å². The Morgan fingerprint density at radius 2 is 1.65 bits per heavy atom. The van der Waals surface area contributed by atoms with E-state index in [4.69, 9.17) is 0 Å². The number of amides is 2. The van der Waals surface area contributed by atoms with Crippen LogP contribution in [0.15, 0.2) is 36.4 Å². The van der Waals surface area contributed by atoms with Crippen molar-refractivity contribution in [3.63, 3.8) is 0 Å². The molecule has 0 radical (unpaired) electrons. The highest BCUT2D eigenvalue weighted by molar-refractivity contribution is 5.89. The first-order chi connectivity index (χ1) is 12.3. The van der Waals surface area contributed by atoms with Gasteiger partial charge in [-0.05, 0) is 31.4 Å². The van der Waals surface area contributed by atoms with Crippen molar-refractivity contribution in [2.45, 2.75) is 40.2 Å². The van der Waals surface area contributed by atoms with Crippen LogP contribution in [0.2, 0.25) is 0 Å². The molecule has 0 aliphatic heterocycles. The first kappa shape index (κ1) is 19.4. The minimum atomic E-state index is -0.662. The number of hydrazine groups is 1. The Kier molecular flexibility index (Phi) is 6.66. The molecule has 1 atom stereocenters. The zero-order chi connectivity index (χ0) is 19.1. The molecule has 0 aliphatic rings. The van der Waals surface area contributed by atoms with E-state index in [0.29, 0.717) is 5.95 Å². The van der Waals surface area contributed by atoms with Crippen LogP contribution in [0.5, 0.6) is 0 Å². The molecule has 0 saturated heterocycles. The molecule has 0 unspecified atom stereocenters. The minimum Gasteiger partial charge on any atom is -0.344 e. The molecule has 2 aromatic rings. The molecule has 7 nitrogen and oxygen atoms in total. The smallest absolute Gasteiger partial charge is 0.261 e. The lowest BCUT2D eigenvalue weighted by Gasteiger charge is -2.22. The van der Waals surface area contributed by atoms with Gasteiger partial charge in [-0.3, -0.25) is 20.4 Å². The van der Waals surface area contributed by atoms with Gasteiger partial charge in [-0.1, -0.05) is 44.2 Å². The van der Waals surface area contributed by atoms with Gasteiger partial charge < -0.3 is 5.32 Å². The van der Waals surface area contributed by atoms with Crippen LogP contribution < -0.4 is 16.2 Å². The van der Waals surface area contributed by atoms with E-state index in [-0.39, 0.29) is 24.2 Å². The van der Waals surface area contributed by atoms with Gasteiger partial charge >= 0.3 is 0 Å². The van der Waals surface area contributed by atoms with Gasteiger partial charge in [-0.15, -0.1) is 0 Å². The summed E-state index contributed by atoms with van der Waals surface area (Å²) >= 11 is 0. The van der Waals surface area contributed by atoms with E-state index < -0.39 is 6.04 Å². The summed E-state index contributed by atoms with van der Waals surface area (Å²) in [7, 11) is 0. The van der Waals surface area contributed by atoms with Gasteiger partial charge in [0, 0.05) is 11.4 Å². The topological polar surface area (TPSA) is 96.0 Å². The average molecular weight is 355 g/mol. The number of anilines is 1. The van der Waals surface area contributed by atoms with Crippen LogP contribution in [0.1, 0.15) is 30.8 Å². The van der Waals surface area contributed by atoms with E-state index in [1.54, 1.807) is 0 Å². The Hall–Kier alpha value is -2.96. The summed E-state index contributed by atoms with van der Waals surface area (Å²) in [5.41, 5.74) is 7.78. The third-order valence-corrected chi connectivity index (χ3v) is 3.75. The molecule has 2 rings (SSSR count). The van der Waals surface area contributed by atoms with Crippen molar-refractivity contribution in [1.29, 1.82) is 0 Å². The molecule has 3 N–H and O–H groups in total. The van der Waals surface area contributed by atoms with E-state index in [2.05, 4.69) is 26.1 Å². The molecule has 1 aromatic carbocycles. The number of nitrogens with one attached hydrogen (secondary N) is 3. The number of rotatable bonds is 7. The van der Waals surface area contributed by atoms with Crippen molar-refractivity contribution in [3.05, 3.63) is 53.3 Å². The molecule has 0 spiro atoms. The predicted molar refractivity (Wildman–Crippen MR) is 100 cm³/mol. The number of benzene rings is 1. The number of carbonyl (C=O) groups is 2. The average Bonchev–Trinajstić information content (AvgIpc) is 2.57. The van der Waals surface area contributed by atoms with Gasteiger partial charge in [0.1, 0.15) is 6.04 Å². The number of hydrogen-bond acceptors (Lipinski definition) is 5. The highest BCUT2D eigenvalue weighted by atomic mass is 16.2. The quantitative estimate of drug-likeness (QED) is 0.660. The lowest BCUT2D eigenvalue weighted by molar-refractivity contribution is -0.129. The number of carbonyl (C=O) groups excluding carboxylic acids is 2. The molecular formula is C19H25N5O2. The van der Waals surface area contributed by atoms with Crippen molar-refractivity contribution >= 4 is 17.8 Å². The Bertz CT molecular complexity index is 742. The summed E-state index contributed by atoms with van der Waals surface area (Å²) in [6, 6.07) is 10.6. The molecule has 1 heterocycles. The molecule has 0 saturated carbocycles. The maximum absolute atomic E-state index is 12.5. The molecule has 0 bridgehead atoms. The highest BCUT2D eigenvalue weighted by Crippen LogP contribution is 2.06. The lowest BCUT2D eigenvalue weighted by Crippen LogP contribution is -2.51. The molecule has 1 aromatic heterocycles. The molecular weight excluding hydrogens is 330 g/mol. The standard InChI is InChI=1S/C19H25N5O2/c1-12(2)17(22-16(25)11-15-8-6-5-7-9-15)18(26)23-24-19-20-13(3)10-14(4)21-19/h5-10,12,17H,11H2,1-4H3,(H,22,25)(H,23,26)(H,20,21,24)/t17-/m0/s1. The molecule has 138 valence electrons. The Morgan fingerprint density at radius 3 is 2.23 bits per heavy atom. The summed E-state index contributed by atoms with van der Waals surface area (Å²) in [5, 5.41) is 2.79. The first-order valence-electron chi connectivity index (χ1n) is 8.56. The fourth-order valence-corrected chi connectivity index (χ4v) is 2.52. The Balaban J connectivity index is 1.95. The zero-order valence-electron chi connectivity index (χ0n) is 15.5. The summed E-state index contributed by atoms with van der Waals surface area (Å²) in [6.07, 6.45) is 0.227. The third-order valence-electron chi connectivity index (χ3n) is 3.75. The molecule has 0 fully saturated rings. The molecule has 7 heteroatoms. The summed E-state index contributed by atoms with van der Waals surface area (Å²) in [6.45, 7) is 7.45. The minimum absolute atomic E-state index is 0.0725. The van der Waals surface area contributed by atoms with Gasteiger partial charge in [-0.2, -0.15) is 0 Å². The van der Waals surface area contributed by atoms with Crippen molar-refractivity contribution in [2.24, 2.45) is 5.92 Å². The lowest BCUT2D eigenvalue weighted by atomic mass is 10.0. The molecule has 0 aliphatic carbocycles. The maximum atomic E-state index is 12.5. The SMILES string of the molecule is Cc1cc(C)nc(NNC(=O)[C@@H](NC(=O)Cc2ccccc2)C(C)C)n1. The van der Waals surface area contributed by atoms with E-state index in [1.165, 1.54) is 0 Å². The third kappa shape index (κ3) is 5.84. The van der Waals surface area contributed by atoms with Crippen LogP contribution in [-0.4, -0.2) is 27.8 Å². The zero-order valence-corrected chi connectivity index (χ0v) is 15.5. The van der Waals surface area contributed by atoms with Gasteiger partial charge in [-0.25, -0.2) is 9.97 Å². The fourth-order valence-electron chi connectivity index (χ4n) is 2.52. The fraction of sp³-hybridized carbons (Fsp3) is 0.368. The second kappa shape index (κ2) is 8.94. The van der Waals surface area contributed by atoms with E-state index in [9.17, 15) is 9.59 Å². The van der Waals surface area contributed by atoms with Crippen molar-refractivity contribution in [3.8, 4) is 0 Å². The Labute approximate surface area is 153 Å². The van der Waals surface area contributed by atoms with Crippen LogP contribution in [-0.2, 0) is 16.0 Å². The number of nitrogens with zero attached hydrogens (tertiary/aromatic N) is 2. The van der Waals surface area contributed by atoms with Gasteiger partial charge in [0.2, 0.25) is 11.9 Å². The Morgan fingerprint density at radius 1 is 1.04 bits per heavy atom. The van der Waals surface area contributed by atoms with Gasteiger partial charge in [0.25, 0.3) is 5.91 Å². The van der Waals surface area contributed by atoms with Crippen LogP contribution in [0.25, 0.3) is 0 Å². The maximum Gasteiger partial charge on any atom is 0.261 e. The largest absolute Gasteiger partial charge is 0.344 e. The van der Waals surface area contributed by atoms with Crippen molar-refractivity contribution < 1.29 is 9.59 Å². The van der Waals surface area contributed by atoms with Crippen LogP contribution >= 0.6 is 0 Å². The summed E-state index contributed by atoms with van der Waals surface area (Å²) < 4.78 is 0. The number of hydrogen-bond donors (Lipinski definition) is 3. The van der Waals surface area contributed by atoms with E-state index in [1.807, 2.05) is 64.1 Å². The second-order valence-corrected chi connectivity index (χ2v) is 6.54. The van der Waals surface area contributed by atoms with E-state index in [0.717, 1.165) is 17.0 Å². The monoisotopic (exact) mass is 355 g/mol. The van der Waals surface area contributed by atoms with Crippen molar-refractivity contribution in [2.75, 3.05) is 5.43 Å². The highest BCUT2D eigenvalue weighted by Gasteiger charge is 2.24. The second-order valence-electron chi connectivity index (χ2n) is 6.54. The first-order valence-corrected chi connectivity index (χ1v) is 8.56. The molecule has 26 heavy (non-hydrogen) atoms. The van der Waals surface area contributed by atoms with E-state index >= 15 is 0 Å². The predicted octanol–water partition coefficient (Wildman–Crippen LogP) is 1.92. The van der Waals surface area contributed by atoms with Gasteiger partial charge in [0.05, 0.1) is 6.42 Å². The molecule has 2 amide bonds. The van der Waals surface area contributed by atoms with Crippen LogP contribution in [0.3, 0.4) is 0 Å². The number of aromatic nitrogens is 2. The van der Waals surface area contributed by atoms with Crippen LogP contribution in [0, 0.1) is 19.8 Å². The summed E-state index contributed by atoms with van der Waals surface area (Å²) in [4.78, 5) is 33.1. The number of aryl methyl sites for hydroxylation is 2. The van der Waals surface area contributed by atoms with Crippen molar-refractivity contribution in [1.82, 2.24) is 20.7 Å². The van der Waals surface area contributed by atoms with Gasteiger partial charge in [0.15, 0.2) is 0 Å².